The summed E-state index contributed by atoms with van der Waals surface area (Å²) >= 11 is 0. The van der Waals surface area contributed by atoms with E-state index in [9.17, 15) is 8.42 Å². The van der Waals surface area contributed by atoms with Crippen molar-refractivity contribution in [2.24, 2.45) is 0 Å². The first-order chi connectivity index (χ1) is 7.95. The molecule has 2 N–H and O–H groups in total. The number of nitrogens with zero attached hydrogens (tertiary/aromatic N) is 1. The van der Waals surface area contributed by atoms with Crippen molar-refractivity contribution in [1.29, 1.82) is 0 Å². The topological polar surface area (TPSA) is 63.4 Å². The Morgan fingerprint density at radius 1 is 1.47 bits per heavy atom. The van der Waals surface area contributed by atoms with Crippen LogP contribution in [0.4, 0.5) is 5.69 Å². The van der Waals surface area contributed by atoms with Crippen LogP contribution in [0.5, 0.6) is 0 Å². The van der Waals surface area contributed by atoms with Crippen molar-refractivity contribution in [3.05, 3.63) is 36.4 Å². The number of rotatable bonds is 5. The van der Waals surface area contributed by atoms with Crippen molar-refractivity contribution in [2.45, 2.75) is 18.7 Å². The van der Waals surface area contributed by atoms with Crippen molar-refractivity contribution < 1.29 is 8.42 Å². The summed E-state index contributed by atoms with van der Waals surface area (Å²) in [5.41, 5.74) is 6.71. The summed E-state index contributed by atoms with van der Waals surface area (Å²) in [7, 11) is -3.54. The van der Waals surface area contributed by atoms with Crippen molar-refractivity contribution in [1.82, 2.24) is 4.31 Å². The lowest BCUT2D eigenvalue weighted by molar-refractivity contribution is 0.460. The molecule has 0 fully saturated rings. The number of aryl methyl sites for hydroxylation is 1. The van der Waals surface area contributed by atoms with Crippen LogP contribution in [0.3, 0.4) is 0 Å². The Bertz CT molecular complexity index is 489. The van der Waals surface area contributed by atoms with Crippen LogP contribution in [-0.4, -0.2) is 25.8 Å². The number of nitrogen functional groups attached to an aromatic ring is 1. The van der Waals surface area contributed by atoms with Gasteiger partial charge in [0.05, 0.1) is 5.69 Å². The molecule has 0 heterocycles. The highest BCUT2D eigenvalue weighted by Gasteiger charge is 2.25. The Morgan fingerprint density at radius 3 is 2.59 bits per heavy atom. The zero-order chi connectivity index (χ0) is 13.1. The fraction of sp³-hybridized carbons (Fsp3) is 0.333. The SMILES string of the molecule is C=CCN(CC)S(=O)(=O)c1c(C)cccc1N. The van der Waals surface area contributed by atoms with Gasteiger partial charge in [-0.1, -0.05) is 25.1 Å². The normalized spacial score (nSPS) is 11.7. The molecule has 4 nitrogen and oxygen atoms in total. The number of nitrogens with two attached hydrogens (primary N) is 1. The van der Waals surface area contributed by atoms with Gasteiger partial charge in [-0.15, -0.1) is 6.58 Å². The molecule has 0 saturated heterocycles. The van der Waals surface area contributed by atoms with Crippen LogP contribution in [0.15, 0.2) is 35.7 Å². The van der Waals surface area contributed by atoms with Gasteiger partial charge in [-0.3, -0.25) is 0 Å². The Morgan fingerprint density at radius 2 is 2.12 bits per heavy atom. The fourth-order valence-electron chi connectivity index (χ4n) is 1.70. The van der Waals surface area contributed by atoms with Crippen LogP contribution < -0.4 is 5.73 Å². The molecule has 0 aliphatic carbocycles. The van der Waals surface area contributed by atoms with Gasteiger partial charge in [0.15, 0.2) is 0 Å². The highest BCUT2D eigenvalue weighted by Crippen LogP contribution is 2.25. The molecule has 5 heteroatoms. The summed E-state index contributed by atoms with van der Waals surface area (Å²) in [5, 5.41) is 0. The molecule has 1 aromatic carbocycles. The predicted octanol–water partition coefficient (Wildman–Crippen LogP) is 1.77. The van der Waals surface area contributed by atoms with Gasteiger partial charge >= 0.3 is 0 Å². The van der Waals surface area contributed by atoms with Crippen LogP contribution in [0.1, 0.15) is 12.5 Å². The van der Waals surface area contributed by atoms with Gasteiger partial charge in [-0.2, -0.15) is 4.31 Å². The van der Waals surface area contributed by atoms with Crippen LogP contribution in [0.25, 0.3) is 0 Å². The lowest BCUT2D eigenvalue weighted by atomic mass is 10.2. The summed E-state index contributed by atoms with van der Waals surface area (Å²) in [5.74, 6) is 0. The third-order valence-electron chi connectivity index (χ3n) is 2.53. The Balaban J connectivity index is 3.34. The van der Waals surface area contributed by atoms with Gasteiger partial charge in [-0.05, 0) is 18.6 Å². The van der Waals surface area contributed by atoms with Gasteiger partial charge in [0, 0.05) is 13.1 Å². The predicted molar refractivity (Wildman–Crippen MR) is 70.2 cm³/mol. The first-order valence-corrected chi connectivity index (χ1v) is 6.85. The minimum absolute atomic E-state index is 0.198. The van der Waals surface area contributed by atoms with Crippen LogP contribution in [0, 0.1) is 6.92 Å². The first-order valence-electron chi connectivity index (χ1n) is 5.41. The second kappa shape index (κ2) is 5.33. The minimum atomic E-state index is -3.54. The number of sulfonamides is 1. The van der Waals surface area contributed by atoms with E-state index in [2.05, 4.69) is 6.58 Å². The van der Waals surface area contributed by atoms with Crippen LogP contribution in [0.2, 0.25) is 0 Å². The lowest BCUT2D eigenvalue weighted by Gasteiger charge is -2.21. The second-order valence-corrected chi connectivity index (χ2v) is 5.61. The molecule has 0 aromatic heterocycles. The zero-order valence-corrected chi connectivity index (χ0v) is 11.0. The average molecular weight is 254 g/mol. The molecule has 0 atom stereocenters. The van der Waals surface area contributed by atoms with E-state index in [-0.39, 0.29) is 17.1 Å². The van der Waals surface area contributed by atoms with E-state index in [4.69, 9.17) is 5.73 Å². The molecular weight excluding hydrogens is 236 g/mol. The summed E-state index contributed by atoms with van der Waals surface area (Å²) in [4.78, 5) is 0.198. The van der Waals surface area contributed by atoms with Crippen molar-refractivity contribution in [2.75, 3.05) is 18.8 Å². The Labute approximate surface area is 103 Å². The molecule has 0 unspecified atom stereocenters. The van der Waals surface area contributed by atoms with E-state index in [0.717, 1.165) is 0 Å². The summed E-state index contributed by atoms with van der Waals surface area (Å²) in [6.07, 6.45) is 1.56. The standard InChI is InChI=1S/C12H18N2O2S/c1-4-9-14(5-2)17(15,16)12-10(3)7-6-8-11(12)13/h4,6-8H,1,5,9,13H2,2-3H3. The van der Waals surface area contributed by atoms with Crippen molar-refractivity contribution in [3.63, 3.8) is 0 Å². The maximum Gasteiger partial charge on any atom is 0.245 e. The highest BCUT2D eigenvalue weighted by molar-refractivity contribution is 7.89. The third-order valence-corrected chi connectivity index (χ3v) is 4.69. The van der Waals surface area contributed by atoms with E-state index in [1.165, 1.54) is 4.31 Å². The van der Waals surface area contributed by atoms with E-state index >= 15 is 0 Å². The quantitative estimate of drug-likeness (QED) is 0.643. The maximum absolute atomic E-state index is 12.4. The first kappa shape index (κ1) is 13.7. The number of hydrogen-bond donors (Lipinski definition) is 1. The smallest absolute Gasteiger partial charge is 0.245 e. The van der Waals surface area contributed by atoms with Crippen molar-refractivity contribution >= 4 is 15.7 Å². The van der Waals surface area contributed by atoms with E-state index in [1.54, 1.807) is 38.1 Å². The van der Waals surface area contributed by atoms with E-state index < -0.39 is 10.0 Å². The molecule has 17 heavy (non-hydrogen) atoms. The van der Waals surface area contributed by atoms with Gasteiger partial charge in [0.25, 0.3) is 0 Å². The molecule has 1 rings (SSSR count). The number of anilines is 1. The van der Waals surface area contributed by atoms with Crippen LogP contribution in [-0.2, 0) is 10.0 Å². The third kappa shape index (κ3) is 2.68. The molecule has 1 aromatic rings. The number of hydrogen-bond acceptors (Lipinski definition) is 3. The average Bonchev–Trinajstić information content (AvgIpc) is 2.24. The largest absolute Gasteiger partial charge is 0.398 e. The Kier molecular flexibility index (Phi) is 4.31. The maximum atomic E-state index is 12.4. The van der Waals surface area contributed by atoms with Crippen LogP contribution >= 0.6 is 0 Å². The molecule has 0 aliphatic rings. The molecule has 0 radical (unpaired) electrons. The summed E-state index contributed by atoms with van der Waals surface area (Å²) in [6.45, 7) is 7.77. The monoisotopic (exact) mass is 254 g/mol. The molecule has 0 aliphatic heterocycles. The van der Waals surface area contributed by atoms with E-state index in [0.29, 0.717) is 12.1 Å². The molecule has 0 saturated carbocycles. The fourth-order valence-corrected chi connectivity index (χ4v) is 3.44. The van der Waals surface area contributed by atoms with Crippen molar-refractivity contribution in [3.8, 4) is 0 Å². The lowest BCUT2D eigenvalue weighted by Crippen LogP contribution is -2.32. The second-order valence-electron chi connectivity index (χ2n) is 3.74. The van der Waals surface area contributed by atoms with E-state index in [1.807, 2.05) is 0 Å². The summed E-state index contributed by atoms with van der Waals surface area (Å²) in [6, 6.07) is 5.08. The molecule has 0 amide bonds. The number of likely N-dealkylation sites (N-methyl/N-ethyl adjacent to an activating group) is 1. The number of benzene rings is 1. The Hall–Kier alpha value is -1.33. The van der Waals surface area contributed by atoms with Gasteiger partial charge < -0.3 is 5.73 Å². The molecule has 94 valence electrons. The zero-order valence-electron chi connectivity index (χ0n) is 10.2. The van der Waals surface area contributed by atoms with Gasteiger partial charge in [0.1, 0.15) is 4.90 Å². The minimum Gasteiger partial charge on any atom is -0.398 e. The molecule has 0 bridgehead atoms. The molecular formula is C12H18N2O2S. The van der Waals surface area contributed by atoms with Gasteiger partial charge in [0.2, 0.25) is 10.0 Å². The summed E-state index contributed by atoms with van der Waals surface area (Å²) < 4.78 is 26.1. The molecule has 0 spiro atoms. The highest BCUT2D eigenvalue weighted by atomic mass is 32.2. The van der Waals surface area contributed by atoms with Gasteiger partial charge in [-0.25, -0.2) is 8.42 Å².